The summed E-state index contributed by atoms with van der Waals surface area (Å²) in [5, 5.41) is 0. The van der Waals surface area contributed by atoms with Crippen molar-refractivity contribution in [1.29, 1.82) is 0 Å². The molecule has 1 saturated heterocycles. The van der Waals surface area contributed by atoms with Crippen molar-refractivity contribution in [3.8, 4) is 0 Å². The lowest BCUT2D eigenvalue weighted by Gasteiger charge is -2.14. The van der Waals surface area contributed by atoms with Crippen LogP contribution in [0.15, 0.2) is 10.7 Å². The van der Waals surface area contributed by atoms with Crippen LogP contribution in [0.4, 0.5) is 0 Å². The first-order valence-corrected chi connectivity index (χ1v) is 6.63. The van der Waals surface area contributed by atoms with Crippen molar-refractivity contribution >= 4 is 5.91 Å². The second kappa shape index (κ2) is 5.52. The number of nitrogens with zero attached hydrogens (tertiary/aromatic N) is 2. The van der Waals surface area contributed by atoms with E-state index >= 15 is 0 Å². The van der Waals surface area contributed by atoms with Crippen LogP contribution in [-0.2, 0) is 0 Å². The summed E-state index contributed by atoms with van der Waals surface area (Å²) in [5.41, 5.74) is 6.42. The van der Waals surface area contributed by atoms with Crippen molar-refractivity contribution in [3.05, 3.63) is 17.8 Å². The summed E-state index contributed by atoms with van der Waals surface area (Å²) in [5.74, 6) is 0.712. The van der Waals surface area contributed by atoms with Crippen LogP contribution >= 0.6 is 0 Å². The second-order valence-electron chi connectivity index (χ2n) is 4.98. The van der Waals surface area contributed by atoms with E-state index < -0.39 is 0 Å². The average molecular weight is 251 g/mol. The van der Waals surface area contributed by atoms with Crippen LogP contribution in [0.25, 0.3) is 0 Å². The molecule has 1 aromatic rings. The van der Waals surface area contributed by atoms with Gasteiger partial charge in [0.15, 0.2) is 5.69 Å². The van der Waals surface area contributed by atoms with Gasteiger partial charge < -0.3 is 15.1 Å². The Morgan fingerprint density at radius 1 is 1.56 bits per heavy atom. The van der Waals surface area contributed by atoms with E-state index in [4.69, 9.17) is 10.2 Å². The number of rotatable bonds is 4. The first kappa shape index (κ1) is 13.1. The molecule has 1 amide bonds. The van der Waals surface area contributed by atoms with E-state index in [0.717, 1.165) is 32.4 Å². The Bertz CT molecular complexity index is 410. The maximum atomic E-state index is 12.1. The number of likely N-dealkylation sites (tertiary alicyclic amines) is 1. The Labute approximate surface area is 107 Å². The summed E-state index contributed by atoms with van der Waals surface area (Å²) in [6, 6.07) is -0.241. The SMILES string of the molecule is CCC(C)C(N)c1nc(C(=O)N2CCCC2)co1. The third-order valence-electron chi connectivity index (χ3n) is 3.68. The van der Waals surface area contributed by atoms with Crippen LogP contribution in [0, 0.1) is 5.92 Å². The van der Waals surface area contributed by atoms with E-state index in [1.165, 1.54) is 6.26 Å². The Hall–Kier alpha value is -1.36. The van der Waals surface area contributed by atoms with Gasteiger partial charge in [0.05, 0.1) is 6.04 Å². The molecule has 0 aromatic carbocycles. The van der Waals surface area contributed by atoms with Crippen molar-refractivity contribution in [2.45, 2.75) is 39.2 Å². The van der Waals surface area contributed by atoms with Crippen molar-refractivity contribution in [3.63, 3.8) is 0 Å². The van der Waals surface area contributed by atoms with Gasteiger partial charge in [-0.15, -0.1) is 0 Å². The van der Waals surface area contributed by atoms with E-state index in [2.05, 4.69) is 18.8 Å². The van der Waals surface area contributed by atoms with Gasteiger partial charge in [0.1, 0.15) is 6.26 Å². The Morgan fingerprint density at radius 3 is 2.83 bits per heavy atom. The molecule has 2 N–H and O–H groups in total. The van der Waals surface area contributed by atoms with Gasteiger partial charge in [-0.25, -0.2) is 4.98 Å². The number of hydrogen-bond donors (Lipinski definition) is 1. The summed E-state index contributed by atoms with van der Waals surface area (Å²) in [4.78, 5) is 18.1. The van der Waals surface area contributed by atoms with E-state index in [9.17, 15) is 4.79 Å². The molecule has 0 spiro atoms. The number of hydrogen-bond acceptors (Lipinski definition) is 4. The maximum Gasteiger partial charge on any atom is 0.275 e. The van der Waals surface area contributed by atoms with Crippen LogP contribution in [0.2, 0.25) is 0 Å². The highest BCUT2D eigenvalue weighted by Crippen LogP contribution is 2.22. The molecular formula is C13H21N3O2. The Kier molecular flexibility index (Phi) is 4.01. The van der Waals surface area contributed by atoms with Crippen molar-refractivity contribution in [2.75, 3.05) is 13.1 Å². The van der Waals surface area contributed by atoms with Crippen molar-refractivity contribution in [2.24, 2.45) is 11.7 Å². The molecular weight excluding hydrogens is 230 g/mol. The van der Waals surface area contributed by atoms with Crippen molar-refractivity contribution in [1.82, 2.24) is 9.88 Å². The van der Waals surface area contributed by atoms with E-state index in [1.807, 2.05) is 4.90 Å². The van der Waals surface area contributed by atoms with Crippen LogP contribution in [0.3, 0.4) is 0 Å². The van der Waals surface area contributed by atoms with Crippen LogP contribution in [0.1, 0.15) is 55.5 Å². The Morgan fingerprint density at radius 2 is 2.22 bits per heavy atom. The second-order valence-corrected chi connectivity index (χ2v) is 4.98. The third-order valence-corrected chi connectivity index (χ3v) is 3.68. The van der Waals surface area contributed by atoms with Gasteiger partial charge >= 0.3 is 0 Å². The number of amides is 1. The minimum atomic E-state index is -0.241. The number of carbonyl (C=O) groups excluding carboxylic acids is 1. The third kappa shape index (κ3) is 2.56. The molecule has 18 heavy (non-hydrogen) atoms. The summed E-state index contributed by atoms with van der Waals surface area (Å²) < 4.78 is 5.35. The zero-order chi connectivity index (χ0) is 13.1. The highest BCUT2D eigenvalue weighted by molar-refractivity contribution is 5.92. The topological polar surface area (TPSA) is 72.4 Å². The predicted octanol–water partition coefficient (Wildman–Crippen LogP) is 1.96. The fraction of sp³-hybridized carbons (Fsp3) is 0.692. The zero-order valence-corrected chi connectivity index (χ0v) is 11.1. The molecule has 1 fully saturated rings. The molecule has 2 rings (SSSR count). The summed E-state index contributed by atoms with van der Waals surface area (Å²) in [6.45, 7) is 5.76. The first-order chi connectivity index (χ1) is 8.63. The average Bonchev–Trinajstić information content (AvgIpc) is 3.06. The van der Waals surface area contributed by atoms with E-state index in [-0.39, 0.29) is 11.9 Å². The monoisotopic (exact) mass is 251 g/mol. The predicted molar refractivity (Wildman–Crippen MR) is 68.0 cm³/mol. The van der Waals surface area contributed by atoms with Gasteiger partial charge in [-0.1, -0.05) is 20.3 Å². The fourth-order valence-electron chi connectivity index (χ4n) is 2.12. The molecule has 5 heteroatoms. The molecule has 100 valence electrons. The lowest BCUT2D eigenvalue weighted by Crippen LogP contribution is -2.28. The first-order valence-electron chi connectivity index (χ1n) is 6.63. The largest absolute Gasteiger partial charge is 0.446 e. The standard InChI is InChI=1S/C13H21N3O2/c1-3-9(2)11(14)12-15-10(8-18-12)13(17)16-6-4-5-7-16/h8-9,11H,3-7,14H2,1-2H3. The molecule has 2 unspecified atom stereocenters. The number of carbonyl (C=O) groups is 1. The number of aromatic nitrogens is 1. The maximum absolute atomic E-state index is 12.1. The molecule has 0 saturated carbocycles. The van der Waals surface area contributed by atoms with Crippen LogP contribution < -0.4 is 5.73 Å². The van der Waals surface area contributed by atoms with E-state index in [1.54, 1.807) is 0 Å². The van der Waals surface area contributed by atoms with Crippen LogP contribution in [-0.4, -0.2) is 28.9 Å². The normalized spacial score (nSPS) is 18.9. The summed E-state index contributed by atoms with van der Waals surface area (Å²) >= 11 is 0. The van der Waals surface area contributed by atoms with Gasteiger partial charge in [0.2, 0.25) is 5.89 Å². The zero-order valence-electron chi connectivity index (χ0n) is 11.1. The number of oxazole rings is 1. The molecule has 1 aromatic heterocycles. The Balaban J connectivity index is 2.07. The quantitative estimate of drug-likeness (QED) is 0.887. The van der Waals surface area contributed by atoms with Gasteiger partial charge in [-0.05, 0) is 18.8 Å². The van der Waals surface area contributed by atoms with Gasteiger partial charge in [-0.2, -0.15) is 0 Å². The van der Waals surface area contributed by atoms with Crippen LogP contribution in [0.5, 0.6) is 0 Å². The highest BCUT2D eigenvalue weighted by atomic mass is 16.3. The summed E-state index contributed by atoms with van der Waals surface area (Å²) in [7, 11) is 0. The molecule has 1 aliphatic heterocycles. The molecule has 5 nitrogen and oxygen atoms in total. The molecule has 0 bridgehead atoms. The van der Waals surface area contributed by atoms with Gasteiger partial charge in [0.25, 0.3) is 5.91 Å². The minimum absolute atomic E-state index is 0.0427. The molecule has 2 heterocycles. The lowest BCUT2D eigenvalue weighted by atomic mass is 10.0. The molecule has 1 aliphatic rings. The van der Waals surface area contributed by atoms with E-state index in [0.29, 0.717) is 17.5 Å². The summed E-state index contributed by atoms with van der Waals surface area (Å²) in [6.07, 6.45) is 4.53. The lowest BCUT2D eigenvalue weighted by molar-refractivity contribution is 0.0787. The van der Waals surface area contributed by atoms with Crippen molar-refractivity contribution < 1.29 is 9.21 Å². The molecule has 0 aliphatic carbocycles. The minimum Gasteiger partial charge on any atom is -0.446 e. The highest BCUT2D eigenvalue weighted by Gasteiger charge is 2.25. The fourth-order valence-corrected chi connectivity index (χ4v) is 2.12. The van der Waals surface area contributed by atoms with Gasteiger partial charge in [0, 0.05) is 13.1 Å². The van der Waals surface area contributed by atoms with Gasteiger partial charge in [-0.3, -0.25) is 4.79 Å². The molecule has 2 atom stereocenters. The molecule has 0 radical (unpaired) electrons. The number of nitrogens with two attached hydrogens (primary N) is 1. The smallest absolute Gasteiger partial charge is 0.275 e.